The van der Waals surface area contributed by atoms with Crippen LogP contribution in [0.4, 0.5) is 0 Å². The van der Waals surface area contributed by atoms with E-state index in [9.17, 15) is 0 Å². The molecule has 0 aromatic heterocycles. The second kappa shape index (κ2) is 9.51. The van der Waals surface area contributed by atoms with Crippen LogP contribution < -0.4 is 14.2 Å². The number of ether oxygens (including phenoxy) is 3. The number of rotatable bonds is 8. The number of hydrogen-bond acceptors (Lipinski definition) is 5. The van der Waals surface area contributed by atoms with Crippen LogP contribution in [0.1, 0.15) is 24.0 Å². The third-order valence-corrected chi connectivity index (χ3v) is 5.97. The molecule has 2 heterocycles. The fourth-order valence-corrected chi connectivity index (χ4v) is 4.49. The number of hydrogen-bond donors (Lipinski definition) is 0. The molecule has 2 aliphatic rings. The smallest absolute Gasteiger partial charge is 0.231 e. The minimum absolute atomic E-state index is 0.335. The number of likely N-dealkylation sites (tertiary alicyclic amines) is 1. The summed E-state index contributed by atoms with van der Waals surface area (Å²) >= 11 is 0. The Labute approximate surface area is 174 Å². The summed E-state index contributed by atoms with van der Waals surface area (Å²) in [7, 11) is 3.93. The molecule has 0 aliphatic carbocycles. The molecule has 4 rings (SSSR count). The van der Waals surface area contributed by atoms with Crippen LogP contribution in [0.3, 0.4) is 0 Å². The third-order valence-electron chi connectivity index (χ3n) is 5.97. The summed E-state index contributed by atoms with van der Waals surface area (Å²) in [5.74, 6) is 3.44. The van der Waals surface area contributed by atoms with Crippen LogP contribution in [0.15, 0.2) is 42.5 Å². The Balaban J connectivity index is 1.25. The lowest BCUT2D eigenvalue weighted by atomic mass is 9.97. The molecule has 5 heteroatoms. The van der Waals surface area contributed by atoms with E-state index in [1.165, 1.54) is 37.1 Å². The fourth-order valence-electron chi connectivity index (χ4n) is 4.49. The summed E-state index contributed by atoms with van der Waals surface area (Å²) in [6, 6.07) is 14.6. The van der Waals surface area contributed by atoms with E-state index < -0.39 is 0 Å². The second-order valence-electron chi connectivity index (χ2n) is 8.25. The summed E-state index contributed by atoms with van der Waals surface area (Å²) in [6.07, 6.45) is 3.70. The molecular formula is C24H32N2O3. The number of para-hydroxylation sites is 1. The lowest BCUT2D eigenvalue weighted by molar-refractivity contribution is 0.141. The van der Waals surface area contributed by atoms with Gasteiger partial charge in [-0.2, -0.15) is 0 Å². The van der Waals surface area contributed by atoms with Gasteiger partial charge in [-0.3, -0.25) is 0 Å². The first kappa shape index (κ1) is 20.0. The van der Waals surface area contributed by atoms with E-state index in [1.807, 2.05) is 6.07 Å². The Morgan fingerprint density at radius 1 is 1.14 bits per heavy atom. The van der Waals surface area contributed by atoms with Gasteiger partial charge in [0, 0.05) is 31.7 Å². The van der Waals surface area contributed by atoms with E-state index in [1.54, 1.807) is 7.11 Å². The largest absolute Gasteiger partial charge is 0.497 e. The SMILES string of the molecule is COc1ccc(CCN2CCC[C@@H](CN(C)Cc3cccc4c3OCO4)C2)cc1. The fraction of sp³-hybridized carbons (Fsp3) is 0.500. The summed E-state index contributed by atoms with van der Waals surface area (Å²) in [4.78, 5) is 5.05. The van der Waals surface area contributed by atoms with Crippen molar-refractivity contribution in [2.75, 3.05) is 47.1 Å². The van der Waals surface area contributed by atoms with E-state index >= 15 is 0 Å². The number of methoxy groups -OCH3 is 1. The molecule has 1 saturated heterocycles. The van der Waals surface area contributed by atoms with E-state index in [0.29, 0.717) is 6.79 Å². The Morgan fingerprint density at radius 3 is 2.83 bits per heavy atom. The highest BCUT2D eigenvalue weighted by Gasteiger charge is 2.23. The minimum atomic E-state index is 0.335. The maximum absolute atomic E-state index is 5.66. The van der Waals surface area contributed by atoms with Crippen LogP contribution >= 0.6 is 0 Å². The molecule has 0 radical (unpaired) electrons. The number of fused-ring (bicyclic) bond motifs is 1. The van der Waals surface area contributed by atoms with Crippen molar-refractivity contribution in [3.8, 4) is 17.2 Å². The molecular weight excluding hydrogens is 364 g/mol. The van der Waals surface area contributed by atoms with Crippen molar-refractivity contribution in [2.45, 2.75) is 25.8 Å². The van der Waals surface area contributed by atoms with E-state index in [2.05, 4.69) is 53.2 Å². The number of piperidine rings is 1. The maximum atomic E-state index is 5.66. The highest BCUT2D eigenvalue weighted by molar-refractivity contribution is 5.48. The van der Waals surface area contributed by atoms with Gasteiger partial charge in [-0.1, -0.05) is 24.3 Å². The summed E-state index contributed by atoms with van der Waals surface area (Å²) in [5.41, 5.74) is 2.60. The first-order valence-corrected chi connectivity index (χ1v) is 10.6. The van der Waals surface area contributed by atoms with E-state index in [0.717, 1.165) is 49.2 Å². The lowest BCUT2D eigenvalue weighted by Gasteiger charge is -2.35. The van der Waals surface area contributed by atoms with Crippen molar-refractivity contribution < 1.29 is 14.2 Å². The van der Waals surface area contributed by atoms with Gasteiger partial charge >= 0.3 is 0 Å². The van der Waals surface area contributed by atoms with Crippen LogP contribution in [0.25, 0.3) is 0 Å². The van der Waals surface area contributed by atoms with Gasteiger partial charge in [-0.05, 0) is 62.5 Å². The van der Waals surface area contributed by atoms with Crippen LogP contribution in [0, 0.1) is 5.92 Å². The van der Waals surface area contributed by atoms with Crippen molar-refractivity contribution in [3.05, 3.63) is 53.6 Å². The molecule has 0 spiro atoms. The predicted octanol–water partition coefficient (Wildman–Crippen LogP) is 3.81. The van der Waals surface area contributed by atoms with Gasteiger partial charge in [0.1, 0.15) is 5.75 Å². The normalized spacial score (nSPS) is 18.9. The predicted molar refractivity (Wildman–Crippen MR) is 115 cm³/mol. The molecule has 0 bridgehead atoms. The van der Waals surface area contributed by atoms with Crippen LogP contribution in [0.5, 0.6) is 17.2 Å². The maximum Gasteiger partial charge on any atom is 0.231 e. The Hall–Kier alpha value is -2.24. The summed E-state index contributed by atoms with van der Waals surface area (Å²) in [6.45, 7) is 5.88. The number of nitrogens with zero attached hydrogens (tertiary/aromatic N) is 2. The zero-order chi connectivity index (χ0) is 20.1. The average molecular weight is 397 g/mol. The Bertz CT molecular complexity index is 793. The molecule has 2 aliphatic heterocycles. The van der Waals surface area contributed by atoms with Gasteiger partial charge < -0.3 is 24.0 Å². The molecule has 5 nitrogen and oxygen atoms in total. The van der Waals surface area contributed by atoms with Crippen LogP contribution in [-0.2, 0) is 13.0 Å². The zero-order valence-corrected chi connectivity index (χ0v) is 17.6. The van der Waals surface area contributed by atoms with Crippen molar-refractivity contribution in [2.24, 2.45) is 5.92 Å². The minimum Gasteiger partial charge on any atom is -0.497 e. The topological polar surface area (TPSA) is 34.2 Å². The van der Waals surface area contributed by atoms with E-state index in [4.69, 9.17) is 14.2 Å². The zero-order valence-electron chi connectivity index (χ0n) is 17.6. The molecule has 2 aromatic rings. The highest BCUT2D eigenvalue weighted by atomic mass is 16.7. The summed E-state index contributed by atoms with van der Waals surface area (Å²) < 4.78 is 16.4. The molecule has 0 unspecified atom stereocenters. The molecule has 1 fully saturated rings. The Morgan fingerprint density at radius 2 is 2.00 bits per heavy atom. The van der Waals surface area contributed by atoms with Gasteiger partial charge in [-0.25, -0.2) is 0 Å². The van der Waals surface area contributed by atoms with Gasteiger partial charge in [0.2, 0.25) is 6.79 Å². The quantitative estimate of drug-likeness (QED) is 0.678. The first-order chi connectivity index (χ1) is 14.2. The van der Waals surface area contributed by atoms with Crippen LogP contribution in [0.2, 0.25) is 0 Å². The van der Waals surface area contributed by atoms with Crippen LogP contribution in [-0.4, -0.2) is 56.9 Å². The summed E-state index contributed by atoms with van der Waals surface area (Å²) in [5, 5.41) is 0. The highest BCUT2D eigenvalue weighted by Crippen LogP contribution is 2.36. The standard InChI is InChI=1S/C24H32N2O3/c1-25(17-21-6-3-7-23-24(21)29-18-28-23)15-20-5-4-13-26(16-20)14-12-19-8-10-22(27-2)11-9-19/h3,6-11,20H,4-5,12-18H2,1-2H3/t20-/m0/s1. The molecule has 29 heavy (non-hydrogen) atoms. The molecule has 0 N–H and O–H groups in total. The monoisotopic (exact) mass is 396 g/mol. The lowest BCUT2D eigenvalue weighted by Crippen LogP contribution is -2.40. The third kappa shape index (κ3) is 5.22. The molecule has 2 aromatic carbocycles. The Kier molecular flexibility index (Phi) is 6.57. The van der Waals surface area contributed by atoms with Crippen molar-refractivity contribution in [3.63, 3.8) is 0 Å². The van der Waals surface area contributed by atoms with Gasteiger partial charge in [0.05, 0.1) is 7.11 Å². The average Bonchev–Trinajstić information content (AvgIpc) is 3.23. The van der Waals surface area contributed by atoms with E-state index in [-0.39, 0.29) is 0 Å². The molecule has 156 valence electrons. The first-order valence-electron chi connectivity index (χ1n) is 10.6. The molecule has 0 amide bonds. The second-order valence-corrected chi connectivity index (χ2v) is 8.25. The van der Waals surface area contributed by atoms with Crippen molar-refractivity contribution >= 4 is 0 Å². The number of benzene rings is 2. The van der Waals surface area contributed by atoms with Crippen molar-refractivity contribution in [1.82, 2.24) is 9.80 Å². The van der Waals surface area contributed by atoms with Gasteiger partial charge in [0.25, 0.3) is 0 Å². The van der Waals surface area contributed by atoms with Gasteiger partial charge in [-0.15, -0.1) is 0 Å². The molecule has 1 atom stereocenters. The molecule has 0 saturated carbocycles. The van der Waals surface area contributed by atoms with Crippen molar-refractivity contribution in [1.29, 1.82) is 0 Å². The van der Waals surface area contributed by atoms with Gasteiger partial charge in [0.15, 0.2) is 11.5 Å².